The van der Waals surface area contributed by atoms with Crippen LogP contribution in [0.1, 0.15) is 6.42 Å². The van der Waals surface area contributed by atoms with Crippen LogP contribution >= 0.6 is 0 Å². The molecule has 116 valence electrons. The average Bonchev–Trinajstić information content (AvgIpc) is 3.11. The molecule has 2 bridgehead atoms. The summed E-state index contributed by atoms with van der Waals surface area (Å²) in [5.74, 6) is -2.05. The summed E-state index contributed by atoms with van der Waals surface area (Å²) in [7, 11) is 1.52. The minimum atomic E-state index is -0.711. The van der Waals surface area contributed by atoms with Gasteiger partial charge in [-0.1, -0.05) is 12.1 Å². The van der Waals surface area contributed by atoms with Crippen molar-refractivity contribution in [2.45, 2.75) is 18.6 Å². The van der Waals surface area contributed by atoms with Crippen LogP contribution in [0.5, 0.6) is 5.75 Å². The molecule has 3 aliphatic rings. The van der Waals surface area contributed by atoms with Gasteiger partial charge in [0.05, 0.1) is 29.7 Å². The molecule has 1 saturated heterocycles. The van der Waals surface area contributed by atoms with E-state index >= 15 is 0 Å². The van der Waals surface area contributed by atoms with Crippen molar-refractivity contribution in [1.82, 2.24) is 0 Å². The number of carbonyl (C=O) groups is 2. The van der Waals surface area contributed by atoms with E-state index in [2.05, 4.69) is 0 Å². The number of aromatic hydroxyl groups is 1. The summed E-state index contributed by atoms with van der Waals surface area (Å²) in [6.45, 7) is 0. The average molecular weight is 303 g/mol. The van der Waals surface area contributed by atoms with E-state index in [0.717, 1.165) is 4.90 Å². The van der Waals surface area contributed by atoms with Crippen molar-refractivity contribution < 1.29 is 24.5 Å². The highest BCUT2D eigenvalue weighted by atomic mass is 16.5. The lowest BCUT2D eigenvalue weighted by Crippen LogP contribution is -2.44. The quantitative estimate of drug-likeness (QED) is 0.778. The Hall–Kier alpha value is -1.92. The van der Waals surface area contributed by atoms with Gasteiger partial charge in [-0.2, -0.15) is 0 Å². The lowest BCUT2D eigenvalue weighted by atomic mass is 9.78. The maximum absolute atomic E-state index is 12.8. The Morgan fingerprint density at radius 2 is 1.77 bits per heavy atom. The van der Waals surface area contributed by atoms with Gasteiger partial charge in [-0.05, 0) is 18.6 Å². The van der Waals surface area contributed by atoms with Crippen LogP contribution in [-0.2, 0) is 14.3 Å². The van der Waals surface area contributed by atoms with E-state index in [-0.39, 0.29) is 35.1 Å². The van der Waals surface area contributed by atoms with Crippen molar-refractivity contribution in [1.29, 1.82) is 0 Å². The molecule has 2 aliphatic carbocycles. The second-order valence-electron chi connectivity index (χ2n) is 6.31. The summed E-state index contributed by atoms with van der Waals surface area (Å²) in [4.78, 5) is 26.6. The molecule has 2 N–H and O–H groups in total. The molecular weight excluding hydrogens is 286 g/mol. The molecule has 4 rings (SSSR count). The summed E-state index contributed by atoms with van der Waals surface area (Å²) < 4.78 is 5.33. The summed E-state index contributed by atoms with van der Waals surface area (Å²) >= 11 is 0. The van der Waals surface area contributed by atoms with Gasteiger partial charge in [-0.3, -0.25) is 9.59 Å². The molecule has 0 spiro atoms. The number of imide groups is 1. The topological polar surface area (TPSA) is 87.1 Å². The van der Waals surface area contributed by atoms with Crippen LogP contribution in [0.25, 0.3) is 0 Å². The molecule has 2 amide bonds. The number of amides is 2. The Kier molecular flexibility index (Phi) is 2.83. The van der Waals surface area contributed by atoms with Crippen molar-refractivity contribution in [3.8, 4) is 5.75 Å². The number of hydrogen-bond donors (Lipinski definition) is 2. The molecule has 1 aliphatic heterocycles. The third-order valence-corrected chi connectivity index (χ3v) is 5.46. The number of carbonyl (C=O) groups excluding carboxylic acids is 2. The van der Waals surface area contributed by atoms with Gasteiger partial charge in [0.2, 0.25) is 11.8 Å². The van der Waals surface area contributed by atoms with Crippen molar-refractivity contribution in [2.75, 3.05) is 12.0 Å². The van der Waals surface area contributed by atoms with Crippen molar-refractivity contribution in [2.24, 2.45) is 23.7 Å². The fourth-order valence-corrected chi connectivity index (χ4v) is 4.61. The molecule has 1 aromatic rings. The van der Waals surface area contributed by atoms with Crippen LogP contribution in [0.15, 0.2) is 24.3 Å². The number of methoxy groups -OCH3 is 1. The first-order valence-corrected chi connectivity index (χ1v) is 7.43. The largest absolute Gasteiger partial charge is 0.506 e. The molecule has 22 heavy (non-hydrogen) atoms. The Morgan fingerprint density at radius 3 is 2.41 bits per heavy atom. The number of nitrogens with zero attached hydrogens (tertiary/aromatic N) is 1. The van der Waals surface area contributed by atoms with E-state index < -0.39 is 24.0 Å². The number of para-hydroxylation sites is 2. The van der Waals surface area contributed by atoms with Gasteiger partial charge in [0.15, 0.2) is 0 Å². The highest BCUT2D eigenvalue weighted by Crippen LogP contribution is 2.57. The first-order valence-electron chi connectivity index (χ1n) is 7.43. The first kappa shape index (κ1) is 13.7. The fourth-order valence-electron chi connectivity index (χ4n) is 4.61. The van der Waals surface area contributed by atoms with E-state index in [4.69, 9.17) is 4.74 Å². The molecule has 0 unspecified atom stereocenters. The van der Waals surface area contributed by atoms with Crippen LogP contribution in [0.4, 0.5) is 5.69 Å². The number of phenolic OH excluding ortho intramolecular Hbond substituents is 1. The molecule has 6 heteroatoms. The molecule has 2 saturated carbocycles. The summed E-state index contributed by atoms with van der Waals surface area (Å²) in [6, 6.07) is 6.31. The summed E-state index contributed by atoms with van der Waals surface area (Å²) in [6.07, 6.45) is -0.467. The van der Waals surface area contributed by atoms with Crippen LogP contribution < -0.4 is 4.90 Å². The molecule has 1 heterocycles. The minimum Gasteiger partial charge on any atom is -0.506 e. The van der Waals surface area contributed by atoms with Crippen molar-refractivity contribution in [3.63, 3.8) is 0 Å². The maximum Gasteiger partial charge on any atom is 0.238 e. The minimum absolute atomic E-state index is 0.0969. The molecule has 6 atom stereocenters. The monoisotopic (exact) mass is 303 g/mol. The van der Waals surface area contributed by atoms with E-state index in [0.29, 0.717) is 6.42 Å². The third-order valence-electron chi connectivity index (χ3n) is 5.46. The fraction of sp³-hybridized carbons (Fsp3) is 0.500. The van der Waals surface area contributed by atoms with E-state index in [1.165, 1.54) is 13.2 Å². The zero-order chi connectivity index (χ0) is 15.6. The molecule has 1 aromatic carbocycles. The van der Waals surface area contributed by atoms with Gasteiger partial charge in [0.25, 0.3) is 0 Å². The second-order valence-corrected chi connectivity index (χ2v) is 6.31. The molecular formula is C16H17NO5. The predicted molar refractivity (Wildman–Crippen MR) is 76.0 cm³/mol. The second kappa shape index (κ2) is 4.54. The zero-order valence-corrected chi connectivity index (χ0v) is 12.0. The van der Waals surface area contributed by atoms with Crippen molar-refractivity contribution in [3.05, 3.63) is 24.3 Å². The standard InChI is InChI=1S/C16H17NO5/c1-22-14-8-6-7(13(14)19)11-12(8)16(21)17(15(11)20)9-4-2-3-5-10(9)18/h2-5,7-8,11-14,18-19H,6H2,1H3/t7-,8-,11-,12-,13+,14-/m1/s1. The molecule has 0 radical (unpaired) electrons. The lowest BCUT2D eigenvalue weighted by Gasteiger charge is -2.31. The predicted octanol–water partition coefficient (Wildman–Crippen LogP) is 0.523. The number of anilines is 1. The smallest absolute Gasteiger partial charge is 0.238 e. The van der Waals surface area contributed by atoms with Gasteiger partial charge in [-0.25, -0.2) is 4.90 Å². The Morgan fingerprint density at radius 1 is 1.14 bits per heavy atom. The van der Waals surface area contributed by atoms with E-state index in [9.17, 15) is 19.8 Å². The highest BCUT2D eigenvalue weighted by molar-refractivity contribution is 6.23. The molecule has 0 aromatic heterocycles. The molecule has 6 nitrogen and oxygen atoms in total. The van der Waals surface area contributed by atoms with Crippen LogP contribution in [0.3, 0.4) is 0 Å². The van der Waals surface area contributed by atoms with Gasteiger partial charge in [-0.15, -0.1) is 0 Å². The van der Waals surface area contributed by atoms with Crippen molar-refractivity contribution >= 4 is 17.5 Å². The number of benzene rings is 1. The number of phenols is 1. The van der Waals surface area contributed by atoms with Crippen LogP contribution in [0.2, 0.25) is 0 Å². The van der Waals surface area contributed by atoms with Gasteiger partial charge in [0, 0.05) is 18.9 Å². The Bertz CT molecular complexity index is 660. The van der Waals surface area contributed by atoms with Gasteiger partial charge >= 0.3 is 0 Å². The number of rotatable bonds is 2. The van der Waals surface area contributed by atoms with Gasteiger partial charge < -0.3 is 14.9 Å². The lowest BCUT2D eigenvalue weighted by molar-refractivity contribution is -0.131. The summed E-state index contributed by atoms with van der Waals surface area (Å²) in [5, 5.41) is 20.2. The SMILES string of the molecule is CO[C@H]1[C@@H](O)[C@@H]2C[C@@H]1[C@H]1C(=O)N(c3ccccc3O)C(=O)[C@H]21. The normalized spacial score (nSPS) is 39.6. The number of ether oxygens (including phenoxy) is 1. The number of aliphatic hydroxyl groups excluding tert-OH is 1. The number of fused-ring (bicyclic) bond motifs is 5. The first-order chi connectivity index (χ1) is 10.6. The zero-order valence-electron chi connectivity index (χ0n) is 12.0. The maximum atomic E-state index is 12.8. The summed E-state index contributed by atoms with van der Waals surface area (Å²) in [5.41, 5.74) is 0.217. The van der Waals surface area contributed by atoms with E-state index in [1.54, 1.807) is 18.2 Å². The number of hydrogen-bond acceptors (Lipinski definition) is 5. The van der Waals surface area contributed by atoms with Gasteiger partial charge in [0.1, 0.15) is 5.75 Å². The Labute approximate surface area is 127 Å². The van der Waals surface area contributed by atoms with Crippen LogP contribution in [-0.4, -0.2) is 41.3 Å². The number of aliphatic hydroxyl groups is 1. The van der Waals surface area contributed by atoms with E-state index in [1.807, 2.05) is 0 Å². The van der Waals surface area contributed by atoms with Crippen LogP contribution in [0, 0.1) is 23.7 Å². The Balaban J connectivity index is 1.75. The molecule has 3 fully saturated rings. The highest BCUT2D eigenvalue weighted by Gasteiger charge is 2.67. The third kappa shape index (κ3) is 1.51.